The molecule has 0 amide bonds. The van der Waals surface area contributed by atoms with Crippen LogP contribution in [0.1, 0.15) is 21.5 Å². The van der Waals surface area contributed by atoms with E-state index in [2.05, 4.69) is 5.16 Å². The molecule has 30 heavy (non-hydrogen) atoms. The van der Waals surface area contributed by atoms with E-state index in [4.69, 9.17) is 37.5 Å². The van der Waals surface area contributed by atoms with E-state index in [9.17, 15) is 9.18 Å². The van der Waals surface area contributed by atoms with Gasteiger partial charge in [-0.3, -0.25) is 0 Å². The Morgan fingerprint density at radius 2 is 1.87 bits per heavy atom. The fraction of sp³-hybridized carbons (Fsp3) is 0.0909. The first-order valence-electron chi connectivity index (χ1n) is 8.72. The predicted molar refractivity (Wildman–Crippen MR) is 113 cm³/mol. The number of hydrogen-bond acceptors (Lipinski definition) is 5. The van der Waals surface area contributed by atoms with Gasteiger partial charge in [0.2, 0.25) is 0 Å². The van der Waals surface area contributed by atoms with Gasteiger partial charge in [-0.2, -0.15) is 0 Å². The fourth-order valence-corrected chi connectivity index (χ4v) is 2.91. The second kappa shape index (κ2) is 10.1. The molecule has 0 radical (unpaired) electrons. The third kappa shape index (κ3) is 5.49. The molecular weight excluding hydrogens is 432 g/mol. The Labute approximate surface area is 182 Å². The number of carbonyl (C=O) groups excluding carboxylic acids is 1. The Bertz CT molecular complexity index is 1070. The molecule has 3 aromatic rings. The molecule has 0 aliphatic carbocycles. The van der Waals surface area contributed by atoms with Crippen molar-refractivity contribution in [1.29, 1.82) is 0 Å². The van der Waals surface area contributed by atoms with E-state index in [0.717, 1.165) is 0 Å². The number of rotatable bonds is 7. The van der Waals surface area contributed by atoms with Crippen molar-refractivity contribution in [3.05, 3.63) is 93.2 Å². The summed E-state index contributed by atoms with van der Waals surface area (Å²) in [6.45, 7) is -0.0629. The zero-order valence-electron chi connectivity index (χ0n) is 15.8. The highest BCUT2D eigenvalue weighted by Gasteiger charge is 2.11. The van der Waals surface area contributed by atoms with Crippen LogP contribution in [0, 0.1) is 5.82 Å². The fourth-order valence-electron chi connectivity index (χ4n) is 2.51. The van der Waals surface area contributed by atoms with Crippen LogP contribution in [0.4, 0.5) is 4.39 Å². The monoisotopic (exact) mass is 447 g/mol. The van der Waals surface area contributed by atoms with Crippen molar-refractivity contribution in [2.45, 2.75) is 6.61 Å². The summed E-state index contributed by atoms with van der Waals surface area (Å²) < 4.78 is 24.8. The molecule has 5 nitrogen and oxygen atoms in total. The van der Waals surface area contributed by atoms with Crippen molar-refractivity contribution in [2.75, 3.05) is 7.11 Å². The van der Waals surface area contributed by atoms with Crippen LogP contribution >= 0.6 is 23.2 Å². The van der Waals surface area contributed by atoms with Gasteiger partial charge in [-0.25, -0.2) is 9.18 Å². The molecule has 3 rings (SSSR count). The number of methoxy groups -OCH3 is 1. The summed E-state index contributed by atoms with van der Waals surface area (Å²) in [5.41, 5.74) is 1.13. The van der Waals surface area contributed by atoms with Crippen molar-refractivity contribution in [3.63, 3.8) is 0 Å². The Kier molecular flexibility index (Phi) is 7.27. The Morgan fingerprint density at radius 3 is 2.60 bits per heavy atom. The SMILES string of the molecule is COc1cc(/C=N\OC(=O)c2cccc(Cl)c2)ccc1OCc1c(F)cccc1Cl. The number of ether oxygens (including phenoxy) is 2. The highest BCUT2D eigenvalue weighted by molar-refractivity contribution is 6.31. The number of nitrogens with zero attached hydrogens (tertiary/aromatic N) is 1. The molecule has 154 valence electrons. The molecule has 0 N–H and O–H groups in total. The van der Waals surface area contributed by atoms with Gasteiger partial charge in [0, 0.05) is 16.1 Å². The second-order valence-electron chi connectivity index (χ2n) is 6.02. The molecule has 0 unspecified atom stereocenters. The number of hydrogen-bond donors (Lipinski definition) is 0. The van der Waals surface area contributed by atoms with Crippen molar-refractivity contribution in [3.8, 4) is 11.5 Å². The quantitative estimate of drug-likeness (QED) is 0.256. The minimum Gasteiger partial charge on any atom is -0.493 e. The Balaban J connectivity index is 1.66. The normalized spacial score (nSPS) is 10.8. The molecule has 3 aromatic carbocycles. The van der Waals surface area contributed by atoms with Crippen LogP contribution in [0.5, 0.6) is 11.5 Å². The molecule has 0 fully saturated rings. The average molecular weight is 448 g/mol. The van der Waals surface area contributed by atoms with Gasteiger partial charge < -0.3 is 14.3 Å². The molecule has 0 aliphatic heterocycles. The third-order valence-corrected chi connectivity index (χ3v) is 4.61. The smallest absolute Gasteiger partial charge is 0.365 e. The van der Waals surface area contributed by atoms with E-state index in [1.54, 1.807) is 42.5 Å². The van der Waals surface area contributed by atoms with E-state index in [-0.39, 0.29) is 22.8 Å². The molecule has 0 aromatic heterocycles. The standard InChI is InChI=1S/C22H16Cl2FNO4/c1-28-21-10-14(12-26-30-22(27)15-4-2-5-16(23)11-15)8-9-20(21)29-13-17-18(24)6-3-7-19(17)25/h2-12H,13H2,1H3/b26-12-. The van der Waals surface area contributed by atoms with Crippen LogP contribution in [-0.4, -0.2) is 19.3 Å². The zero-order chi connectivity index (χ0) is 21.5. The maximum absolute atomic E-state index is 13.9. The number of oxime groups is 1. The average Bonchev–Trinajstić information content (AvgIpc) is 2.74. The predicted octanol–water partition coefficient (Wildman–Crippen LogP) is 5.91. The lowest BCUT2D eigenvalue weighted by molar-refractivity contribution is 0.0519. The summed E-state index contributed by atoms with van der Waals surface area (Å²) in [5.74, 6) is -0.299. The topological polar surface area (TPSA) is 57.1 Å². The van der Waals surface area contributed by atoms with Gasteiger partial charge >= 0.3 is 5.97 Å². The van der Waals surface area contributed by atoms with Crippen LogP contribution in [0.25, 0.3) is 0 Å². The summed E-state index contributed by atoms with van der Waals surface area (Å²) in [6.07, 6.45) is 1.35. The van der Waals surface area contributed by atoms with Gasteiger partial charge in [-0.1, -0.05) is 40.5 Å². The van der Waals surface area contributed by atoms with Gasteiger partial charge in [0.15, 0.2) is 11.5 Å². The van der Waals surface area contributed by atoms with Crippen molar-refractivity contribution in [2.24, 2.45) is 5.16 Å². The molecule has 0 bridgehead atoms. The van der Waals surface area contributed by atoms with Crippen LogP contribution < -0.4 is 9.47 Å². The lowest BCUT2D eigenvalue weighted by atomic mass is 10.2. The molecule has 0 atom stereocenters. The van der Waals surface area contributed by atoms with Crippen molar-refractivity contribution in [1.82, 2.24) is 0 Å². The first-order chi connectivity index (χ1) is 14.5. The maximum atomic E-state index is 13.9. The van der Waals surface area contributed by atoms with E-state index in [0.29, 0.717) is 22.1 Å². The Morgan fingerprint density at radius 1 is 1.07 bits per heavy atom. The Hall–Kier alpha value is -3.09. The number of halogens is 3. The zero-order valence-corrected chi connectivity index (χ0v) is 17.3. The van der Waals surface area contributed by atoms with Crippen LogP contribution in [-0.2, 0) is 11.4 Å². The first-order valence-corrected chi connectivity index (χ1v) is 9.47. The number of carbonyl (C=O) groups is 1. The molecule has 0 spiro atoms. The van der Waals surface area contributed by atoms with Gasteiger partial charge in [0.25, 0.3) is 0 Å². The number of benzene rings is 3. The van der Waals surface area contributed by atoms with Gasteiger partial charge in [0.1, 0.15) is 12.4 Å². The molecule has 0 heterocycles. The van der Waals surface area contributed by atoms with Crippen LogP contribution in [0.2, 0.25) is 10.0 Å². The van der Waals surface area contributed by atoms with E-state index >= 15 is 0 Å². The minimum absolute atomic E-state index is 0.0629. The third-order valence-electron chi connectivity index (χ3n) is 4.02. The molecule has 8 heteroatoms. The van der Waals surface area contributed by atoms with E-state index in [1.807, 2.05) is 0 Å². The summed E-state index contributed by atoms with van der Waals surface area (Å²) in [5, 5.41) is 4.39. The molecular formula is C22H16Cl2FNO4. The first kappa shape index (κ1) is 21.6. The second-order valence-corrected chi connectivity index (χ2v) is 6.87. The summed E-state index contributed by atoms with van der Waals surface area (Å²) >= 11 is 11.9. The van der Waals surface area contributed by atoms with Gasteiger partial charge in [-0.05, 0) is 48.5 Å². The largest absolute Gasteiger partial charge is 0.493 e. The van der Waals surface area contributed by atoms with Gasteiger partial charge in [0.05, 0.1) is 23.9 Å². The van der Waals surface area contributed by atoms with E-state index in [1.165, 1.54) is 31.5 Å². The van der Waals surface area contributed by atoms with Crippen molar-refractivity contribution < 1.29 is 23.5 Å². The summed E-state index contributed by atoms with van der Waals surface area (Å²) in [4.78, 5) is 16.8. The highest BCUT2D eigenvalue weighted by Crippen LogP contribution is 2.29. The maximum Gasteiger partial charge on any atom is 0.365 e. The van der Waals surface area contributed by atoms with Crippen molar-refractivity contribution >= 4 is 35.4 Å². The van der Waals surface area contributed by atoms with Crippen LogP contribution in [0.15, 0.2) is 65.8 Å². The summed E-state index contributed by atoms with van der Waals surface area (Å²) in [7, 11) is 1.47. The molecule has 0 saturated carbocycles. The highest BCUT2D eigenvalue weighted by atomic mass is 35.5. The minimum atomic E-state index is -0.637. The lowest BCUT2D eigenvalue weighted by Crippen LogP contribution is -2.02. The van der Waals surface area contributed by atoms with Gasteiger partial charge in [-0.15, -0.1) is 0 Å². The van der Waals surface area contributed by atoms with Crippen LogP contribution in [0.3, 0.4) is 0 Å². The molecule has 0 saturated heterocycles. The summed E-state index contributed by atoms with van der Waals surface area (Å²) in [6, 6.07) is 15.7. The molecule has 0 aliphatic rings. The van der Waals surface area contributed by atoms with E-state index < -0.39 is 11.8 Å². The lowest BCUT2D eigenvalue weighted by Gasteiger charge is -2.12.